The van der Waals surface area contributed by atoms with E-state index >= 15 is 0 Å². The van der Waals surface area contributed by atoms with E-state index in [2.05, 4.69) is 9.68 Å². The summed E-state index contributed by atoms with van der Waals surface area (Å²) < 4.78 is 4.54. The summed E-state index contributed by atoms with van der Waals surface area (Å²) in [4.78, 5) is 10.6. The van der Waals surface area contributed by atoms with Gasteiger partial charge in [-0.05, 0) is 13.8 Å². The summed E-state index contributed by atoms with van der Waals surface area (Å²) in [6.07, 6.45) is 1.36. The number of hydrogen-bond donors (Lipinski definition) is 0. The molecule has 0 saturated heterocycles. The van der Waals surface area contributed by atoms with Crippen molar-refractivity contribution in [1.82, 2.24) is 5.16 Å². The zero-order valence-corrected chi connectivity index (χ0v) is 7.34. The third kappa shape index (κ3) is 2.53. The van der Waals surface area contributed by atoms with Crippen molar-refractivity contribution < 1.29 is 9.32 Å². The van der Waals surface area contributed by atoms with Gasteiger partial charge in [0.05, 0.1) is 11.3 Å². The van der Waals surface area contributed by atoms with Crippen LogP contribution in [0.4, 0.5) is 0 Å². The van der Waals surface area contributed by atoms with Gasteiger partial charge >= 0.3 is 0 Å². The zero-order valence-electron chi connectivity index (χ0n) is 7.34. The number of rotatable bonds is 1. The van der Waals surface area contributed by atoms with Crippen LogP contribution in [0.5, 0.6) is 0 Å². The molecule has 1 aromatic heterocycles. The molecule has 0 spiro atoms. The minimum absolute atomic E-state index is 0.00579. The summed E-state index contributed by atoms with van der Waals surface area (Å²) in [6.45, 7) is 7.22. The molecule has 62 valence electrons. The monoisotopic (exact) mass is 155 g/mol. The predicted molar refractivity (Wildman–Crippen MR) is 42.6 cm³/mol. The lowest BCUT2D eigenvalue weighted by Crippen LogP contribution is -1.90. The molecule has 0 fully saturated rings. The largest absolute Gasteiger partial charge is 0.364 e. The van der Waals surface area contributed by atoms with Gasteiger partial charge in [0.15, 0.2) is 5.78 Å². The van der Waals surface area contributed by atoms with E-state index in [0.717, 1.165) is 0 Å². The van der Waals surface area contributed by atoms with E-state index in [1.54, 1.807) is 6.92 Å². The number of hydrogen-bond acceptors (Lipinski definition) is 3. The van der Waals surface area contributed by atoms with Crippen LogP contribution in [0, 0.1) is 6.92 Å². The summed E-state index contributed by atoms with van der Waals surface area (Å²) in [7, 11) is 0. The Morgan fingerprint density at radius 3 is 2.27 bits per heavy atom. The Kier molecular flexibility index (Phi) is 4.18. The van der Waals surface area contributed by atoms with Crippen molar-refractivity contribution in [1.29, 1.82) is 0 Å². The lowest BCUT2D eigenvalue weighted by molar-refractivity contribution is 0.101. The second kappa shape index (κ2) is 4.66. The molecule has 0 bridgehead atoms. The Balaban J connectivity index is 0.000000461. The van der Waals surface area contributed by atoms with Gasteiger partial charge < -0.3 is 4.52 Å². The topological polar surface area (TPSA) is 43.1 Å². The quantitative estimate of drug-likeness (QED) is 0.584. The Bertz CT molecular complexity index is 228. The molecule has 3 heteroatoms. The highest BCUT2D eigenvalue weighted by Crippen LogP contribution is 2.04. The molecule has 0 aromatic carbocycles. The number of Topliss-reactive ketones (excluding diaryl/α,β-unsaturated/α-hetero) is 1. The van der Waals surface area contributed by atoms with Crippen LogP contribution in [-0.2, 0) is 0 Å². The van der Waals surface area contributed by atoms with Crippen molar-refractivity contribution in [2.75, 3.05) is 0 Å². The Morgan fingerprint density at radius 2 is 2.09 bits per heavy atom. The van der Waals surface area contributed by atoms with Gasteiger partial charge in [0.2, 0.25) is 0 Å². The molecule has 11 heavy (non-hydrogen) atoms. The molecular formula is C8H13NO2. The molecule has 0 atom stereocenters. The van der Waals surface area contributed by atoms with E-state index in [-0.39, 0.29) is 5.78 Å². The van der Waals surface area contributed by atoms with Gasteiger partial charge in [0, 0.05) is 0 Å². The summed E-state index contributed by atoms with van der Waals surface area (Å²) in [5.41, 5.74) is 1.22. The Hall–Kier alpha value is -1.12. The Morgan fingerprint density at radius 1 is 1.55 bits per heavy atom. The van der Waals surface area contributed by atoms with Crippen molar-refractivity contribution >= 4 is 5.78 Å². The lowest BCUT2D eigenvalue weighted by atomic mass is 10.2. The average Bonchev–Trinajstić information content (AvgIpc) is 2.39. The first kappa shape index (κ1) is 9.88. The molecule has 0 amide bonds. The Labute approximate surface area is 66.4 Å². The van der Waals surface area contributed by atoms with Gasteiger partial charge in [0.1, 0.15) is 6.26 Å². The van der Waals surface area contributed by atoms with Crippen LogP contribution in [0.15, 0.2) is 10.8 Å². The van der Waals surface area contributed by atoms with E-state index < -0.39 is 0 Å². The predicted octanol–water partition coefficient (Wildman–Crippen LogP) is 2.21. The van der Waals surface area contributed by atoms with Gasteiger partial charge in [-0.25, -0.2) is 0 Å². The van der Waals surface area contributed by atoms with E-state index in [0.29, 0.717) is 11.3 Å². The molecule has 0 aliphatic heterocycles. The van der Waals surface area contributed by atoms with Crippen molar-refractivity contribution in [3.8, 4) is 0 Å². The fourth-order valence-electron chi connectivity index (χ4n) is 0.630. The molecule has 1 rings (SSSR count). The molecule has 1 aromatic rings. The van der Waals surface area contributed by atoms with Crippen LogP contribution >= 0.6 is 0 Å². The fraction of sp³-hybridized carbons (Fsp3) is 0.500. The van der Waals surface area contributed by atoms with Crippen molar-refractivity contribution in [2.24, 2.45) is 0 Å². The SMILES string of the molecule is CC.CC(=O)c1conc1C. The van der Waals surface area contributed by atoms with Gasteiger partial charge in [-0.2, -0.15) is 0 Å². The third-order valence-electron chi connectivity index (χ3n) is 1.13. The highest BCUT2D eigenvalue weighted by Gasteiger charge is 2.05. The molecule has 0 aliphatic carbocycles. The second-order valence-electron chi connectivity index (χ2n) is 1.87. The summed E-state index contributed by atoms with van der Waals surface area (Å²) in [5.74, 6) is -0.00579. The number of aryl methyl sites for hydroxylation is 1. The molecule has 0 aliphatic rings. The summed E-state index contributed by atoms with van der Waals surface area (Å²) >= 11 is 0. The maximum atomic E-state index is 10.6. The normalized spacial score (nSPS) is 8.36. The molecule has 0 radical (unpaired) electrons. The third-order valence-corrected chi connectivity index (χ3v) is 1.13. The maximum absolute atomic E-state index is 10.6. The van der Waals surface area contributed by atoms with Crippen LogP contribution in [0.3, 0.4) is 0 Å². The van der Waals surface area contributed by atoms with Gasteiger partial charge in [0.25, 0.3) is 0 Å². The van der Waals surface area contributed by atoms with Crippen LogP contribution in [0.1, 0.15) is 36.8 Å². The van der Waals surface area contributed by atoms with E-state index in [4.69, 9.17) is 0 Å². The minimum atomic E-state index is -0.00579. The van der Waals surface area contributed by atoms with E-state index in [9.17, 15) is 4.79 Å². The van der Waals surface area contributed by atoms with Crippen LogP contribution < -0.4 is 0 Å². The molecule has 0 unspecified atom stereocenters. The first-order valence-electron chi connectivity index (χ1n) is 3.63. The van der Waals surface area contributed by atoms with Crippen molar-refractivity contribution in [3.63, 3.8) is 0 Å². The maximum Gasteiger partial charge on any atom is 0.164 e. The van der Waals surface area contributed by atoms with Crippen LogP contribution in [-0.4, -0.2) is 10.9 Å². The number of nitrogens with zero attached hydrogens (tertiary/aromatic N) is 1. The second-order valence-corrected chi connectivity index (χ2v) is 1.87. The first-order chi connectivity index (χ1) is 5.22. The minimum Gasteiger partial charge on any atom is -0.364 e. The highest BCUT2D eigenvalue weighted by atomic mass is 16.5. The molecule has 3 nitrogen and oxygen atoms in total. The first-order valence-corrected chi connectivity index (χ1v) is 3.63. The number of aromatic nitrogens is 1. The molecular weight excluding hydrogens is 142 g/mol. The molecule has 0 saturated carbocycles. The number of carbonyl (C=O) groups is 1. The van der Waals surface area contributed by atoms with Crippen LogP contribution in [0.2, 0.25) is 0 Å². The molecule has 0 N–H and O–H groups in total. The smallest absolute Gasteiger partial charge is 0.164 e. The zero-order chi connectivity index (χ0) is 8.85. The van der Waals surface area contributed by atoms with Crippen LogP contribution in [0.25, 0.3) is 0 Å². The highest BCUT2D eigenvalue weighted by molar-refractivity contribution is 5.94. The van der Waals surface area contributed by atoms with Crippen molar-refractivity contribution in [3.05, 3.63) is 17.5 Å². The summed E-state index contributed by atoms with van der Waals surface area (Å²) in [5, 5.41) is 3.54. The van der Waals surface area contributed by atoms with Crippen molar-refractivity contribution in [2.45, 2.75) is 27.7 Å². The van der Waals surface area contributed by atoms with E-state index in [1.165, 1.54) is 13.2 Å². The fourth-order valence-corrected chi connectivity index (χ4v) is 0.630. The average molecular weight is 155 g/mol. The molecule has 1 heterocycles. The number of ketones is 1. The lowest BCUT2D eigenvalue weighted by Gasteiger charge is -1.83. The standard InChI is InChI=1S/C6H7NO2.C2H6/c1-4-6(5(2)8)3-9-7-4;1-2/h3H,1-2H3;1-2H3. The summed E-state index contributed by atoms with van der Waals surface area (Å²) in [6, 6.07) is 0. The number of carbonyl (C=O) groups excluding carboxylic acids is 1. The van der Waals surface area contributed by atoms with Gasteiger partial charge in [-0.3, -0.25) is 4.79 Å². The van der Waals surface area contributed by atoms with Gasteiger partial charge in [-0.1, -0.05) is 19.0 Å². The van der Waals surface area contributed by atoms with Gasteiger partial charge in [-0.15, -0.1) is 0 Å². The van der Waals surface area contributed by atoms with E-state index in [1.807, 2.05) is 13.8 Å².